The van der Waals surface area contributed by atoms with E-state index in [4.69, 9.17) is 0 Å². The van der Waals surface area contributed by atoms with Crippen molar-refractivity contribution in [3.05, 3.63) is 71.6 Å². The number of carbonyl (C=O) groups is 1. The fourth-order valence-corrected chi connectivity index (χ4v) is 4.15. The number of hydrogen-bond acceptors (Lipinski definition) is 6. The summed E-state index contributed by atoms with van der Waals surface area (Å²) in [5, 5.41) is 3.87. The number of benzene rings is 1. The first-order valence-corrected chi connectivity index (χ1v) is 10.4. The van der Waals surface area contributed by atoms with Crippen molar-refractivity contribution < 1.29 is 9.18 Å². The van der Waals surface area contributed by atoms with Gasteiger partial charge in [0.1, 0.15) is 11.6 Å². The van der Waals surface area contributed by atoms with Gasteiger partial charge >= 0.3 is 0 Å². The Morgan fingerprint density at radius 2 is 1.97 bits per heavy atom. The number of carbonyl (C=O) groups excluding carboxylic acids is 1. The minimum atomic E-state index is -0.248. The van der Waals surface area contributed by atoms with Crippen LogP contribution in [0.15, 0.2) is 48.8 Å². The molecule has 1 saturated heterocycles. The van der Waals surface area contributed by atoms with Gasteiger partial charge in [-0.25, -0.2) is 9.37 Å². The van der Waals surface area contributed by atoms with E-state index in [0.717, 1.165) is 41.5 Å². The lowest BCUT2D eigenvalue weighted by Crippen LogP contribution is -2.43. The SMILES string of the molecule is O=C(NCc1ccncc1)[C@@H]1CCCN(c2nc(Cc3ccc(F)cc3)ns2)C1. The molecule has 0 radical (unpaired) electrons. The molecule has 1 fully saturated rings. The van der Waals surface area contributed by atoms with Crippen LogP contribution in [0, 0.1) is 11.7 Å². The van der Waals surface area contributed by atoms with Gasteiger partial charge in [-0.05, 0) is 48.2 Å². The van der Waals surface area contributed by atoms with E-state index in [-0.39, 0.29) is 17.6 Å². The Balaban J connectivity index is 1.34. The number of hydrogen-bond donors (Lipinski definition) is 1. The molecule has 3 heterocycles. The number of piperidine rings is 1. The Kier molecular flexibility index (Phi) is 6.09. The smallest absolute Gasteiger partial charge is 0.225 e. The fourth-order valence-electron chi connectivity index (χ4n) is 3.43. The molecule has 150 valence electrons. The highest BCUT2D eigenvalue weighted by Gasteiger charge is 2.27. The van der Waals surface area contributed by atoms with Crippen LogP contribution in [0.3, 0.4) is 0 Å². The predicted octanol–water partition coefficient (Wildman–Crippen LogP) is 3.20. The van der Waals surface area contributed by atoms with E-state index in [9.17, 15) is 9.18 Å². The summed E-state index contributed by atoms with van der Waals surface area (Å²) in [6.45, 7) is 2.03. The molecule has 8 heteroatoms. The molecule has 1 N–H and O–H groups in total. The monoisotopic (exact) mass is 411 g/mol. The lowest BCUT2D eigenvalue weighted by molar-refractivity contribution is -0.125. The quantitative estimate of drug-likeness (QED) is 0.675. The van der Waals surface area contributed by atoms with E-state index in [1.807, 2.05) is 12.1 Å². The van der Waals surface area contributed by atoms with E-state index in [1.54, 1.807) is 24.5 Å². The van der Waals surface area contributed by atoms with Gasteiger partial charge in [0.15, 0.2) is 0 Å². The van der Waals surface area contributed by atoms with Gasteiger partial charge in [-0.1, -0.05) is 12.1 Å². The van der Waals surface area contributed by atoms with Crippen LogP contribution in [0.25, 0.3) is 0 Å². The second-order valence-corrected chi connectivity index (χ2v) is 7.89. The predicted molar refractivity (Wildman–Crippen MR) is 110 cm³/mol. The minimum absolute atomic E-state index is 0.0602. The van der Waals surface area contributed by atoms with Crippen LogP contribution in [-0.2, 0) is 17.8 Å². The Morgan fingerprint density at radius 3 is 2.76 bits per heavy atom. The Bertz CT molecular complexity index is 947. The maximum atomic E-state index is 13.1. The molecule has 6 nitrogen and oxygen atoms in total. The van der Waals surface area contributed by atoms with E-state index < -0.39 is 0 Å². The van der Waals surface area contributed by atoms with Gasteiger partial charge in [-0.3, -0.25) is 9.78 Å². The zero-order valence-corrected chi connectivity index (χ0v) is 16.7. The molecular formula is C21H22FN5OS. The summed E-state index contributed by atoms with van der Waals surface area (Å²) in [7, 11) is 0. The van der Waals surface area contributed by atoms with Crippen LogP contribution in [-0.4, -0.2) is 33.3 Å². The first kappa shape index (κ1) is 19.4. The van der Waals surface area contributed by atoms with Gasteiger partial charge < -0.3 is 10.2 Å². The Labute approximate surface area is 173 Å². The van der Waals surface area contributed by atoms with Gasteiger partial charge in [0.2, 0.25) is 11.0 Å². The molecule has 1 aromatic carbocycles. The highest BCUT2D eigenvalue weighted by molar-refractivity contribution is 7.09. The second-order valence-electron chi connectivity index (χ2n) is 7.15. The molecule has 0 saturated carbocycles. The van der Waals surface area contributed by atoms with E-state index in [2.05, 4.69) is 24.6 Å². The molecule has 0 unspecified atom stereocenters. The maximum Gasteiger partial charge on any atom is 0.225 e. The molecule has 0 spiro atoms. The van der Waals surface area contributed by atoms with Crippen molar-refractivity contribution in [3.8, 4) is 0 Å². The summed E-state index contributed by atoms with van der Waals surface area (Å²) in [5.74, 6) is 0.487. The zero-order valence-electron chi connectivity index (χ0n) is 15.9. The molecule has 1 amide bonds. The zero-order chi connectivity index (χ0) is 20.1. The highest BCUT2D eigenvalue weighted by atomic mass is 32.1. The van der Waals surface area contributed by atoms with Crippen molar-refractivity contribution in [2.24, 2.45) is 5.92 Å². The summed E-state index contributed by atoms with van der Waals surface area (Å²) >= 11 is 1.35. The van der Waals surface area contributed by atoms with Crippen LogP contribution in [0.1, 0.15) is 29.8 Å². The van der Waals surface area contributed by atoms with Crippen molar-refractivity contribution in [2.75, 3.05) is 18.0 Å². The Morgan fingerprint density at radius 1 is 1.17 bits per heavy atom. The van der Waals surface area contributed by atoms with Crippen molar-refractivity contribution in [1.29, 1.82) is 0 Å². The molecular weight excluding hydrogens is 389 g/mol. The number of nitrogens with one attached hydrogen (secondary N) is 1. The fraction of sp³-hybridized carbons (Fsp3) is 0.333. The number of halogens is 1. The highest BCUT2D eigenvalue weighted by Crippen LogP contribution is 2.25. The van der Waals surface area contributed by atoms with Gasteiger partial charge in [0.05, 0.1) is 5.92 Å². The number of amides is 1. The second kappa shape index (κ2) is 9.09. The third-order valence-electron chi connectivity index (χ3n) is 5.01. The summed E-state index contributed by atoms with van der Waals surface area (Å²) in [5.41, 5.74) is 2.01. The summed E-state index contributed by atoms with van der Waals surface area (Å²) in [6.07, 6.45) is 5.84. The van der Waals surface area contributed by atoms with Crippen molar-refractivity contribution in [3.63, 3.8) is 0 Å². The number of rotatable bonds is 6. The van der Waals surface area contributed by atoms with Crippen LogP contribution < -0.4 is 10.2 Å². The number of pyridine rings is 1. The van der Waals surface area contributed by atoms with E-state index >= 15 is 0 Å². The average Bonchev–Trinajstić information content (AvgIpc) is 3.23. The van der Waals surface area contributed by atoms with Crippen LogP contribution in [0.5, 0.6) is 0 Å². The number of aromatic nitrogens is 3. The lowest BCUT2D eigenvalue weighted by Gasteiger charge is -2.31. The number of nitrogens with zero attached hydrogens (tertiary/aromatic N) is 4. The number of anilines is 1. The molecule has 0 bridgehead atoms. The standard InChI is InChI=1S/C21H22FN5OS/c22-18-5-3-15(4-6-18)12-19-25-21(29-26-19)27-11-1-2-17(14-27)20(28)24-13-16-7-9-23-10-8-16/h3-10,17H,1-2,11-14H2,(H,24,28)/t17-/m1/s1. The van der Waals surface area contributed by atoms with Crippen molar-refractivity contribution in [1.82, 2.24) is 19.7 Å². The van der Waals surface area contributed by atoms with E-state index in [1.165, 1.54) is 23.7 Å². The summed E-state index contributed by atoms with van der Waals surface area (Å²) < 4.78 is 17.5. The molecule has 4 rings (SSSR count). The minimum Gasteiger partial charge on any atom is -0.352 e. The third-order valence-corrected chi connectivity index (χ3v) is 5.83. The topological polar surface area (TPSA) is 71.0 Å². The van der Waals surface area contributed by atoms with Crippen molar-refractivity contribution >= 4 is 22.6 Å². The molecule has 2 aromatic heterocycles. The molecule has 29 heavy (non-hydrogen) atoms. The molecule has 0 aliphatic carbocycles. The van der Waals surface area contributed by atoms with Crippen molar-refractivity contribution in [2.45, 2.75) is 25.8 Å². The molecule has 3 aromatic rings. The average molecular weight is 412 g/mol. The van der Waals surface area contributed by atoms with Gasteiger partial charge in [0, 0.05) is 50.0 Å². The Hall–Kier alpha value is -2.87. The first-order chi connectivity index (χ1) is 14.2. The van der Waals surface area contributed by atoms with Gasteiger partial charge in [0.25, 0.3) is 0 Å². The maximum absolute atomic E-state index is 13.1. The van der Waals surface area contributed by atoms with Crippen LogP contribution in [0.2, 0.25) is 0 Å². The largest absolute Gasteiger partial charge is 0.352 e. The molecule has 1 aliphatic heterocycles. The first-order valence-electron chi connectivity index (χ1n) is 9.66. The van der Waals surface area contributed by atoms with Crippen LogP contribution >= 0.6 is 11.5 Å². The van der Waals surface area contributed by atoms with Crippen LogP contribution in [0.4, 0.5) is 9.52 Å². The van der Waals surface area contributed by atoms with Gasteiger partial charge in [-0.2, -0.15) is 4.37 Å². The normalized spacial score (nSPS) is 16.6. The summed E-state index contributed by atoms with van der Waals surface area (Å²) in [4.78, 5) is 23.4. The summed E-state index contributed by atoms with van der Waals surface area (Å²) in [6, 6.07) is 10.2. The molecule has 1 aliphatic rings. The van der Waals surface area contributed by atoms with E-state index in [0.29, 0.717) is 19.5 Å². The van der Waals surface area contributed by atoms with Gasteiger partial charge in [-0.15, -0.1) is 0 Å². The molecule has 1 atom stereocenters. The third kappa shape index (κ3) is 5.14. The lowest BCUT2D eigenvalue weighted by atomic mass is 9.97.